The Morgan fingerprint density at radius 3 is 2.59 bits per heavy atom. The molecule has 2 heterocycles. The smallest absolute Gasteiger partial charge is 0.240 e. The van der Waals surface area contributed by atoms with Crippen LogP contribution in [0.2, 0.25) is 0 Å². The van der Waals surface area contributed by atoms with E-state index in [1.54, 1.807) is 0 Å². The van der Waals surface area contributed by atoms with Gasteiger partial charge in [-0.1, -0.05) is 6.42 Å². The first-order valence-electron chi connectivity index (χ1n) is 6.99. The zero-order valence-corrected chi connectivity index (χ0v) is 11.2. The maximum absolute atomic E-state index is 12.6. The summed E-state index contributed by atoms with van der Waals surface area (Å²) in [5, 5.41) is 3.41. The van der Waals surface area contributed by atoms with Crippen molar-refractivity contribution < 1.29 is 4.79 Å². The molecule has 0 unspecified atom stereocenters. The minimum absolute atomic E-state index is 0.120. The van der Waals surface area contributed by atoms with Crippen LogP contribution in [0.3, 0.4) is 0 Å². The maximum atomic E-state index is 12.6. The lowest BCUT2D eigenvalue weighted by atomic mass is 10.0. The molecule has 0 bridgehead atoms. The van der Waals surface area contributed by atoms with Gasteiger partial charge in [0.2, 0.25) is 5.91 Å². The molecule has 4 heteroatoms. The lowest BCUT2D eigenvalue weighted by molar-refractivity contribution is -0.136. The molecule has 0 aromatic carbocycles. The molecule has 2 atom stereocenters. The minimum Gasteiger partial charge on any atom is -0.335 e. The molecule has 17 heavy (non-hydrogen) atoms. The van der Waals surface area contributed by atoms with Crippen molar-refractivity contribution in [3.63, 3.8) is 0 Å². The van der Waals surface area contributed by atoms with Crippen LogP contribution < -0.4 is 5.32 Å². The topological polar surface area (TPSA) is 32.3 Å². The fourth-order valence-electron chi connectivity index (χ4n) is 2.99. The predicted molar refractivity (Wildman–Crippen MR) is 71.2 cm³/mol. The highest BCUT2D eigenvalue weighted by Gasteiger charge is 2.40. The third kappa shape index (κ3) is 2.63. The summed E-state index contributed by atoms with van der Waals surface area (Å²) >= 11 is 2.01. The molecule has 0 radical (unpaired) electrons. The van der Waals surface area contributed by atoms with E-state index >= 15 is 0 Å². The van der Waals surface area contributed by atoms with Gasteiger partial charge in [0.05, 0.1) is 6.04 Å². The Morgan fingerprint density at radius 1 is 1.12 bits per heavy atom. The number of carbonyl (C=O) groups excluding carboxylic acids is 1. The van der Waals surface area contributed by atoms with Crippen LogP contribution in [0.5, 0.6) is 0 Å². The van der Waals surface area contributed by atoms with Crippen molar-refractivity contribution in [1.82, 2.24) is 10.2 Å². The van der Waals surface area contributed by atoms with Gasteiger partial charge in [-0.05, 0) is 44.4 Å². The number of hydrogen-bond donors (Lipinski definition) is 1. The highest BCUT2D eigenvalue weighted by molar-refractivity contribution is 7.99. The molecule has 3 nitrogen and oxygen atoms in total. The Morgan fingerprint density at radius 2 is 2.00 bits per heavy atom. The van der Waals surface area contributed by atoms with Gasteiger partial charge in [-0.3, -0.25) is 4.79 Å². The number of thioether (sulfide) groups is 1. The minimum atomic E-state index is 0.120. The van der Waals surface area contributed by atoms with Gasteiger partial charge in [-0.2, -0.15) is 11.8 Å². The van der Waals surface area contributed by atoms with Gasteiger partial charge in [0.15, 0.2) is 0 Å². The van der Waals surface area contributed by atoms with Crippen molar-refractivity contribution >= 4 is 17.7 Å². The van der Waals surface area contributed by atoms with Crippen LogP contribution in [-0.2, 0) is 4.79 Å². The highest BCUT2D eigenvalue weighted by Crippen LogP contribution is 2.34. The molecule has 2 saturated heterocycles. The molecule has 3 fully saturated rings. The van der Waals surface area contributed by atoms with Crippen LogP contribution in [0.25, 0.3) is 0 Å². The Balaban J connectivity index is 1.66. The number of amides is 1. The summed E-state index contributed by atoms with van der Waals surface area (Å²) in [6.07, 6.45) is 7.16. The van der Waals surface area contributed by atoms with Gasteiger partial charge in [-0.25, -0.2) is 0 Å². The molecule has 0 aromatic heterocycles. The molecular weight excluding hydrogens is 232 g/mol. The first-order valence-corrected chi connectivity index (χ1v) is 8.15. The number of nitrogens with zero attached hydrogens (tertiary/aromatic N) is 1. The third-order valence-corrected chi connectivity index (χ3v) is 5.25. The van der Waals surface area contributed by atoms with Gasteiger partial charge in [0.25, 0.3) is 0 Å². The van der Waals surface area contributed by atoms with E-state index in [1.807, 2.05) is 11.8 Å². The second kappa shape index (κ2) is 5.19. The number of hydrogen-bond acceptors (Lipinski definition) is 3. The van der Waals surface area contributed by atoms with E-state index in [4.69, 9.17) is 0 Å². The van der Waals surface area contributed by atoms with Crippen molar-refractivity contribution in [2.45, 2.75) is 56.7 Å². The van der Waals surface area contributed by atoms with E-state index in [-0.39, 0.29) is 6.04 Å². The quantitative estimate of drug-likeness (QED) is 0.831. The summed E-state index contributed by atoms with van der Waals surface area (Å²) in [7, 11) is 0. The van der Waals surface area contributed by atoms with Gasteiger partial charge in [0, 0.05) is 17.8 Å². The van der Waals surface area contributed by atoms with Crippen molar-refractivity contribution in [2.24, 2.45) is 0 Å². The zero-order chi connectivity index (χ0) is 11.7. The second-order valence-corrected chi connectivity index (χ2v) is 6.65. The van der Waals surface area contributed by atoms with E-state index in [0.29, 0.717) is 18.0 Å². The van der Waals surface area contributed by atoms with E-state index in [2.05, 4.69) is 10.2 Å². The Hall–Kier alpha value is -0.220. The number of nitrogens with one attached hydrogen (secondary N) is 1. The number of piperidine rings is 1. The predicted octanol–water partition coefficient (Wildman–Crippen LogP) is 1.62. The van der Waals surface area contributed by atoms with E-state index in [9.17, 15) is 4.79 Å². The monoisotopic (exact) mass is 254 g/mol. The molecular formula is C13H22N2OS. The average Bonchev–Trinajstić information content (AvgIpc) is 3.05. The number of rotatable bonds is 3. The van der Waals surface area contributed by atoms with Crippen LogP contribution in [0.15, 0.2) is 0 Å². The van der Waals surface area contributed by atoms with Gasteiger partial charge < -0.3 is 10.2 Å². The lowest BCUT2D eigenvalue weighted by Gasteiger charge is -2.34. The molecule has 0 aromatic rings. The van der Waals surface area contributed by atoms with Gasteiger partial charge in [-0.15, -0.1) is 0 Å². The van der Waals surface area contributed by atoms with Crippen molar-refractivity contribution in [3.8, 4) is 0 Å². The van der Waals surface area contributed by atoms with E-state index in [1.165, 1.54) is 37.9 Å². The lowest BCUT2D eigenvalue weighted by Crippen LogP contribution is -2.52. The summed E-state index contributed by atoms with van der Waals surface area (Å²) in [6.45, 7) is 1.02. The van der Waals surface area contributed by atoms with Crippen LogP contribution in [-0.4, -0.2) is 47.0 Å². The summed E-state index contributed by atoms with van der Waals surface area (Å²) in [4.78, 5) is 14.9. The molecule has 96 valence electrons. The van der Waals surface area contributed by atoms with Crippen molar-refractivity contribution in [1.29, 1.82) is 0 Å². The molecule has 3 aliphatic rings. The Bertz CT molecular complexity index is 281. The summed E-state index contributed by atoms with van der Waals surface area (Å²) in [5.41, 5.74) is 0. The average molecular weight is 254 g/mol. The van der Waals surface area contributed by atoms with Crippen LogP contribution in [0.4, 0.5) is 0 Å². The molecule has 0 spiro atoms. The summed E-state index contributed by atoms with van der Waals surface area (Å²) < 4.78 is 0. The third-order valence-electron chi connectivity index (χ3n) is 4.10. The fraction of sp³-hybridized carbons (Fsp3) is 0.923. The first-order chi connectivity index (χ1) is 8.36. The largest absolute Gasteiger partial charge is 0.335 e. The SMILES string of the molecule is O=C([C@@H]1CCCCN1)N(C1CC1)[C@@H]1CCSC1. The Kier molecular flexibility index (Phi) is 3.61. The Labute approximate surface area is 108 Å². The second-order valence-electron chi connectivity index (χ2n) is 5.50. The van der Waals surface area contributed by atoms with Crippen molar-refractivity contribution in [3.05, 3.63) is 0 Å². The van der Waals surface area contributed by atoms with E-state index < -0.39 is 0 Å². The molecule has 1 saturated carbocycles. The van der Waals surface area contributed by atoms with Gasteiger partial charge >= 0.3 is 0 Å². The molecule has 1 amide bonds. The fourth-order valence-corrected chi connectivity index (χ4v) is 4.20. The standard InChI is InChI=1S/C13H22N2OS/c16-13(12-3-1-2-7-14-12)15(10-4-5-10)11-6-8-17-9-11/h10-12,14H,1-9H2/t11-,12+/m1/s1. The van der Waals surface area contributed by atoms with Crippen LogP contribution in [0.1, 0.15) is 38.5 Å². The van der Waals surface area contributed by atoms with Gasteiger partial charge in [0.1, 0.15) is 0 Å². The van der Waals surface area contributed by atoms with E-state index in [0.717, 1.165) is 18.7 Å². The van der Waals surface area contributed by atoms with Crippen LogP contribution >= 0.6 is 11.8 Å². The highest BCUT2D eigenvalue weighted by atomic mass is 32.2. The van der Waals surface area contributed by atoms with Crippen molar-refractivity contribution in [2.75, 3.05) is 18.1 Å². The molecule has 2 aliphatic heterocycles. The first kappa shape index (κ1) is 11.8. The zero-order valence-electron chi connectivity index (χ0n) is 10.4. The molecule has 1 N–H and O–H groups in total. The summed E-state index contributed by atoms with van der Waals surface area (Å²) in [5.74, 6) is 2.80. The maximum Gasteiger partial charge on any atom is 0.240 e. The number of carbonyl (C=O) groups is 1. The summed E-state index contributed by atoms with van der Waals surface area (Å²) in [6, 6.07) is 1.23. The normalized spacial score (nSPS) is 33.6. The molecule has 3 rings (SSSR count). The van der Waals surface area contributed by atoms with Crippen LogP contribution in [0, 0.1) is 0 Å². The molecule has 1 aliphatic carbocycles.